The van der Waals surface area contributed by atoms with Gasteiger partial charge in [0, 0.05) is 62.5 Å². The van der Waals surface area contributed by atoms with Crippen LogP contribution < -0.4 is 5.32 Å². The molecular formula is C65H99NO49. The largest absolute Gasteiger partial charge is 0.479 e. The van der Waals surface area contributed by atoms with Crippen molar-refractivity contribution in [1.82, 2.24) is 5.32 Å². The van der Waals surface area contributed by atoms with Gasteiger partial charge in [-0.25, -0.2) is 4.79 Å². The zero-order chi connectivity index (χ0) is 85.2. The van der Waals surface area contributed by atoms with Crippen LogP contribution in [0, 0.1) is 0 Å². The fourth-order valence-electron chi connectivity index (χ4n) is 14.3. The number of methoxy groups -OCH3 is 1. The molecule has 8 aliphatic heterocycles. The quantitative estimate of drug-likeness (QED) is 0.0226. The van der Waals surface area contributed by atoms with Gasteiger partial charge in [0.25, 0.3) is 0 Å². The smallest absolute Gasteiger partial charge is 0.335 e. The second-order valence-corrected chi connectivity index (χ2v) is 27.4. The molecule has 115 heavy (non-hydrogen) atoms. The summed E-state index contributed by atoms with van der Waals surface area (Å²) in [7, 11) is 1.14. The molecule has 40 atom stereocenters. The van der Waals surface area contributed by atoms with Gasteiger partial charge in [0.05, 0.1) is 46.2 Å². The van der Waals surface area contributed by atoms with Crippen LogP contribution >= 0.6 is 0 Å². The zero-order valence-corrected chi connectivity index (χ0v) is 62.7. The summed E-state index contributed by atoms with van der Waals surface area (Å²) in [5.74, 6) is -10.9. The summed E-state index contributed by atoms with van der Waals surface area (Å²) < 4.78 is 131. The van der Waals surface area contributed by atoms with Gasteiger partial charge in [0.1, 0.15) is 146 Å². The first kappa shape index (κ1) is 94.4. The Labute approximate surface area is 650 Å². The number of nitrogens with one attached hydrogen (secondary N) is 1. The Morgan fingerprint density at radius 1 is 0.270 bits per heavy atom. The number of amides is 1. The third-order valence-corrected chi connectivity index (χ3v) is 19.2. The Balaban J connectivity index is 1.00. The summed E-state index contributed by atoms with van der Waals surface area (Å²) in [4.78, 5) is 115. The van der Waals surface area contributed by atoms with E-state index in [2.05, 4.69) is 5.32 Å². The number of hydrogen-bond donors (Lipinski definition) is 18. The standard InChI is InChI=1S/C65H99NO49/c1-17(74)66-32-33(82)41(25(10-67)102-59(32)109-44-28(13-70)105-63(37(86)50(44)96-20(4)77)112-45-29(14-71)106-62(38(87)52(45)98-22(6)79)110-43-27(12-69)101-58(92)34(83)48(43)94-18(2)75)108-60-36(85)51(97-21(5)78)47(31(16-73)104-60)113-65-40(89)54(100-24(8)81)55(56(115-65)57(90)91)114-64-39(88)53(99-23(7)80)46(30(15-72)107-64)111-61-35(84)49(95-19(3)76)42(93-9)26(11-68)103-61/h25-56,58-65,67-73,82-89,92H,10-16H2,1-9H3,(H,66,74)(H,90,91). The van der Waals surface area contributed by atoms with Crippen LogP contribution in [0.25, 0.3) is 0 Å². The van der Waals surface area contributed by atoms with Crippen molar-refractivity contribution in [1.29, 1.82) is 0 Å². The molecule has 0 aliphatic carbocycles. The van der Waals surface area contributed by atoms with Gasteiger partial charge in [0.15, 0.2) is 99.2 Å². The third kappa shape index (κ3) is 22.1. The number of carbonyl (C=O) groups is 9. The average molecular weight is 1680 g/mol. The van der Waals surface area contributed by atoms with Gasteiger partial charge >= 0.3 is 47.8 Å². The number of aliphatic hydroxyl groups is 16. The van der Waals surface area contributed by atoms with E-state index in [0.29, 0.717) is 0 Å². The Morgan fingerprint density at radius 2 is 0.487 bits per heavy atom. The van der Waals surface area contributed by atoms with Gasteiger partial charge < -0.3 is 201 Å². The number of carboxylic acid groups (broad SMARTS) is 1. The van der Waals surface area contributed by atoms with Crippen molar-refractivity contribution in [2.45, 2.75) is 301 Å². The molecule has 40 unspecified atom stereocenters. The lowest BCUT2D eigenvalue weighted by Gasteiger charge is -2.51. The lowest BCUT2D eigenvalue weighted by molar-refractivity contribution is -0.393. The fraction of sp³-hybridized carbons (Fsp3) is 0.862. The number of aliphatic carboxylic acids is 1. The molecule has 50 heteroatoms. The molecule has 8 saturated heterocycles. The van der Waals surface area contributed by atoms with Gasteiger partial charge in [0.2, 0.25) is 5.91 Å². The van der Waals surface area contributed by atoms with E-state index in [9.17, 15) is 130 Å². The van der Waals surface area contributed by atoms with Crippen LogP contribution in [-0.4, -0.2) is 439 Å². The maximum absolute atomic E-state index is 13.3. The van der Waals surface area contributed by atoms with Crippen molar-refractivity contribution in [3.05, 3.63) is 0 Å². The highest BCUT2D eigenvalue weighted by Gasteiger charge is 2.63. The molecule has 0 radical (unpaired) electrons. The lowest BCUT2D eigenvalue weighted by atomic mass is 9.94. The Morgan fingerprint density at radius 3 is 0.757 bits per heavy atom. The third-order valence-electron chi connectivity index (χ3n) is 19.2. The first-order valence-electron chi connectivity index (χ1n) is 35.7. The SMILES string of the molecule is COC1C(CO)OC(OC2C(CO)OC(OC3C(C(=O)O)OC(OC4C(CO)OC(OC5C(CO)OC(OC6C(CO)OC(OC7C(CO)OC(OC8C(CO)OC(O)C(O)C8OC(C)=O)C(O)C7OC(C)=O)C(O)C6OC(C)=O)C(NC(C)=O)C5O)C(O)C4OC(C)=O)C(O)C3OC(C)=O)C(O)C2OC(C)=O)C(O)C1OC(C)=O. The van der Waals surface area contributed by atoms with Crippen LogP contribution in [0.1, 0.15) is 55.4 Å². The van der Waals surface area contributed by atoms with Crippen LogP contribution in [-0.2, 0) is 152 Å². The number of esters is 7. The maximum atomic E-state index is 13.3. The fourth-order valence-corrected chi connectivity index (χ4v) is 14.3. The van der Waals surface area contributed by atoms with Gasteiger partial charge in [-0.15, -0.1) is 0 Å². The predicted molar refractivity (Wildman–Crippen MR) is 348 cm³/mol. The van der Waals surface area contributed by atoms with E-state index in [-0.39, 0.29) is 0 Å². The first-order chi connectivity index (χ1) is 54.3. The Kier molecular flexibility index (Phi) is 34.3. The second-order valence-electron chi connectivity index (χ2n) is 27.4. The number of ether oxygens (including phenoxy) is 23. The molecule has 8 fully saturated rings. The van der Waals surface area contributed by atoms with E-state index in [0.717, 1.165) is 62.5 Å². The van der Waals surface area contributed by atoms with Crippen molar-refractivity contribution in [2.75, 3.05) is 53.4 Å². The molecule has 18 N–H and O–H groups in total. The molecule has 0 bridgehead atoms. The molecule has 0 aromatic rings. The molecular weight excluding hydrogens is 1580 g/mol. The monoisotopic (exact) mass is 1680 g/mol. The minimum Gasteiger partial charge on any atom is -0.479 e. The summed E-state index contributed by atoms with van der Waals surface area (Å²) in [6, 6.07) is -1.97. The van der Waals surface area contributed by atoms with Gasteiger partial charge in [-0.1, -0.05) is 0 Å². The van der Waals surface area contributed by atoms with Crippen LogP contribution in [0.15, 0.2) is 0 Å². The second kappa shape index (κ2) is 41.8. The predicted octanol–water partition coefficient (Wildman–Crippen LogP) is -13.6. The molecule has 1 amide bonds. The van der Waals surface area contributed by atoms with E-state index in [1.165, 1.54) is 0 Å². The highest BCUT2D eigenvalue weighted by Crippen LogP contribution is 2.42. The van der Waals surface area contributed by atoms with Crippen molar-refractivity contribution in [3.8, 4) is 0 Å². The first-order valence-corrected chi connectivity index (χ1v) is 35.7. The number of rotatable bonds is 31. The van der Waals surface area contributed by atoms with E-state index < -0.39 is 345 Å². The molecule has 8 heterocycles. The number of aliphatic hydroxyl groups excluding tert-OH is 16. The van der Waals surface area contributed by atoms with Crippen LogP contribution in [0.4, 0.5) is 0 Å². The topological polar surface area (TPSA) is 722 Å². The van der Waals surface area contributed by atoms with E-state index in [1.54, 1.807) is 0 Å². The summed E-state index contributed by atoms with van der Waals surface area (Å²) in [5.41, 5.74) is 0. The normalized spacial score (nSPS) is 43.6. The minimum atomic E-state index is -2.55. The summed E-state index contributed by atoms with van der Waals surface area (Å²) in [5, 5.41) is 192. The Hall–Kier alpha value is -6.05. The van der Waals surface area contributed by atoms with Crippen molar-refractivity contribution in [2.24, 2.45) is 0 Å². The van der Waals surface area contributed by atoms with Crippen molar-refractivity contribution >= 4 is 53.7 Å². The lowest BCUT2D eigenvalue weighted by Crippen LogP contribution is -2.70. The van der Waals surface area contributed by atoms with Crippen LogP contribution in [0.3, 0.4) is 0 Å². The van der Waals surface area contributed by atoms with Crippen molar-refractivity contribution < 1.29 is 239 Å². The Bertz CT molecular complexity index is 3230. The van der Waals surface area contributed by atoms with E-state index in [4.69, 9.17) is 109 Å². The average Bonchev–Trinajstić information content (AvgIpc) is 0.739. The maximum Gasteiger partial charge on any atom is 0.335 e. The van der Waals surface area contributed by atoms with Crippen LogP contribution in [0.2, 0.25) is 0 Å². The van der Waals surface area contributed by atoms with Gasteiger partial charge in [-0.05, 0) is 0 Å². The van der Waals surface area contributed by atoms with Crippen LogP contribution in [0.5, 0.6) is 0 Å². The van der Waals surface area contributed by atoms with Gasteiger partial charge in [-0.3, -0.25) is 38.4 Å². The minimum absolute atomic E-state index is 0.780. The number of carboxylic acids is 1. The molecule has 0 aromatic carbocycles. The molecule has 50 nitrogen and oxygen atoms in total. The molecule has 8 rings (SSSR count). The van der Waals surface area contributed by atoms with E-state index >= 15 is 0 Å². The zero-order valence-electron chi connectivity index (χ0n) is 62.7. The summed E-state index contributed by atoms with van der Waals surface area (Å²) >= 11 is 0. The molecule has 0 saturated carbocycles. The van der Waals surface area contributed by atoms with Gasteiger partial charge in [-0.2, -0.15) is 0 Å². The highest BCUT2D eigenvalue weighted by molar-refractivity contribution is 5.74. The molecule has 0 spiro atoms. The van der Waals surface area contributed by atoms with Crippen molar-refractivity contribution in [3.63, 3.8) is 0 Å². The number of hydrogen-bond acceptors (Lipinski definition) is 48. The highest BCUT2D eigenvalue weighted by atomic mass is 16.8. The molecule has 0 aromatic heterocycles. The molecule has 658 valence electrons. The number of carbonyl (C=O) groups excluding carboxylic acids is 8. The summed E-state index contributed by atoms with van der Waals surface area (Å²) in [6.45, 7) is -0.717. The van der Waals surface area contributed by atoms with E-state index in [1.807, 2.05) is 0 Å². The molecule has 8 aliphatic rings. The summed E-state index contributed by atoms with van der Waals surface area (Å²) in [6.07, 6.45) is -80.4.